The number of benzene rings is 1. The highest BCUT2D eigenvalue weighted by atomic mass is 19.4. The van der Waals surface area contributed by atoms with E-state index in [2.05, 4.69) is 27.8 Å². The summed E-state index contributed by atoms with van der Waals surface area (Å²) in [4.78, 5) is 16.0. The molecule has 3 heterocycles. The van der Waals surface area contributed by atoms with Gasteiger partial charge in [-0.15, -0.1) is 0 Å². The van der Waals surface area contributed by atoms with E-state index in [0.717, 1.165) is 19.4 Å². The lowest BCUT2D eigenvalue weighted by atomic mass is 9.83. The van der Waals surface area contributed by atoms with E-state index in [1.54, 1.807) is 31.2 Å². The van der Waals surface area contributed by atoms with E-state index in [1.807, 2.05) is 24.1 Å². The number of nitrogens with one attached hydrogen (secondary N) is 3. The summed E-state index contributed by atoms with van der Waals surface area (Å²) in [5.74, 6) is 6.15. The smallest absolute Gasteiger partial charge is 0.405 e. The number of halogens is 4. The Morgan fingerprint density at radius 2 is 2.00 bits per heavy atom. The fourth-order valence-electron chi connectivity index (χ4n) is 6.32. The molecular weight excluding hydrogens is 590 g/mol. The number of fused-ring (bicyclic) bond motifs is 1. The van der Waals surface area contributed by atoms with Crippen molar-refractivity contribution in [2.24, 2.45) is 0 Å². The zero-order valence-electron chi connectivity index (χ0n) is 25.9. The molecule has 5 rings (SSSR count). The average Bonchev–Trinajstić information content (AvgIpc) is 3.27. The molecule has 3 atom stereocenters. The summed E-state index contributed by atoms with van der Waals surface area (Å²) in [6.45, 7) is 3.01. The fourth-order valence-corrected chi connectivity index (χ4v) is 6.32. The molecule has 0 aromatic heterocycles. The van der Waals surface area contributed by atoms with Crippen LogP contribution in [-0.4, -0.2) is 99.2 Å². The van der Waals surface area contributed by atoms with Crippen molar-refractivity contribution >= 4 is 11.6 Å². The molecular formula is C33H41F4N5O3. The summed E-state index contributed by atoms with van der Waals surface area (Å²) in [6.07, 6.45) is 2.31. The minimum Gasteiger partial charge on any atom is -0.495 e. The SMILES string of the molecule is COc1cc(C(=O)NC2CCOCC2)ccc1NCC#CC1=CC2=C(N[C@@H]3CCN(C)C[C@@H]3F)C=CCC2(C)N1CC(F)(F)F. The maximum atomic E-state index is 14.8. The minimum absolute atomic E-state index is 0.0616. The van der Waals surface area contributed by atoms with Crippen LogP contribution in [0.1, 0.15) is 43.0 Å². The van der Waals surface area contributed by atoms with E-state index in [9.17, 15) is 22.4 Å². The topological polar surface area (TPSA) is 78.1 Å². The maximum Gasteiger partial charge on any atom is 0.405 e. The zero-order valence-corrected chi connectivity index (χ0v) is 25.9. The Hall–Kier alpha value is -3.69. The molecule has 0 bridgehead atoms. The van der Waals surface area contributed by atoms with Crippen LogP contribution < -0.4 is 20.7 Å². The lowest BCUT2D eigenvalue weighted by molar-refractivity contribution is -0.148. The van der Waals surface area contributed by atoms with Gasteiger partial charge in [-0.05, 0) is 75.9 Å². The molecule has 8 nitrogen and oxygen atoms in total. The van der Waals surface area contributed by atoms with Gasteiger partial charge in [0.25, 0.3) is 5.91 Å². The van der Waals surface area contributed by atoms with E-state index in [4.69, 9.17) is 9.47 Å². The first kappa shape index (κ1) is 32.7. The van der Waals surface area contributed by atoms with Gasteiger partial charge >= 0.3 is 6.18 Å². The van der Waals surface area contributed by atoms with Crippen LogP contribution in [0.15, 0.2) is 53.4 Å². The number of hydrogen-bond acceptors (Lipinski definition) is 7. The quantitative estimate of drug-likeness (QED) is 0.291. The molecule has 0 radical (unpaired) electrons. The largest absolute Gasteiger partial charge is 0.495 e. The molecule has 1 amide bonds. The first-order valence-electron chi connectivity index (χ1n) is 15.3. The molecule has 1 aliphatic carbocycles. The first-order valence-corrected chi connectivity index (χ1v) is 15.3. The number of methoxy groups -OCH3 is 1. The minimum atomic E-state index is -4.45. The molecule has 2 saturated heterocycles. The number of anilines is 1. The van der Waals surface area contributed by atoms with E-state index in [-0.39, 0.29) is 24.2 Å². The summed E-state index contributed by atoms with van der Waals surface area (Å²) >= 11 is 0. The van der Waals surface area contributed by atoms with Crippen LogP contribution in [-0.2, 0) is 4.74 Å². The second-order valence-electron chi connectivity index (χ2n) is 12.2. The summed E-state index contributed by atoms with van der Waals surface area (Å²) in [6, 6.07) is 4.68. The van der Waals surface area contributed by atoms with Crippen molar-refractivity contribution in [1.29, 1.82) is 0 Å². The van der Waals surface area contributed by atoms with E-state index in [0.29, 0.717) is 60.9 Å². The second-order valence-corrected chi connectivity index (χ2v) is 12.2. The number of carbonyl (C=O) groups is 1. The third-order valence-corrected chi connectivity index (χ3v) is 8.86. The first-order chi connectivity index (χ1) is 21.5. The Morgan fingerprint density at radius 3 is 2.71 bits per heavy atom. The van der Waals surface area contributed by atoms with Gasteiger partial charge in [0.05, 0.1) is 36.6 Å². The van der Waals surface area contributed by atoms with Crippen molar-refractivity contribution < 1.29 is 31.8 Å². The molecule has 45 heavy (non-hydrogen) atoms. The number of piperidine rings is 1. The number of amides is 1. The highest BCUT2D eigenvalue weighted by Gasteiger charge is 2.47. The van der Waals surface area contributed by atoms with Crippen LogP contribution in [0, 0.1) is 11.8 Å². The molecule has 1 aromatic carbocycles. The number of hydrogen-bond donors (Lipinski definition) is 3. The number of alkyl halides is 4. The molecule has 12 heteroatoms. The van der Waals surface area contributed by atoms with E-state index in [1.165, 1.54) is 12.0 Å². The fraction of sp³-hybridized carbons (Fsp3) is 0.545. The standard InChI is InChI=1S/C33H41F4N5O3/c1-32-13-4-7-27(40-28-10-15-41(2)20-26(28)34)25(32)19-24(42(32)21-33(35,36)37)6-5-14-38-29-9-8-22(18-30(29)44-3)31(43)39-23-11-16-45-17-12-23/h4,7-9,18-19,23,26,28,38,40H,10-17,20-21H2,1-3H3,(H,39,43)/t26-,28+,32?/m0/s1. The van der Waals surface area contributed by atoms with Crippen molar-refractivity contribution in [2.45, 2.75) is 62.6 Å². The summed E-state index contributed by atoms with van der Waals surface area (Å²) < 4.78 is 67.1. The van der Waals surface area contributed by atoms with Crippen LogP contribution in [0.4, 0.5) is 23.2 Å². The lowest BCUT2D eigenvalue weighted by Gasteiger charge is -2.41. The monoisotopic (exact) mass is 631 g/mol. The summed E-state index contributed by atoms with van der Waals surface area (Å²) in [5.41, 5.74) is 1.63. The predicted octanol–water partition coefficient (Wildman–Crippen LogP) is 4.39. The van der Waals surface area contributed by atoms with Crippen molar-refractivity contribution in [3.8, 4) is 17.6 Å². The Morgan fingerprint density at radius 1 is 1.22 bits per heavy atom. The summed E-state index contributed by atoms with van der Waals surface area (Å²) in [5, 5.41) is 9.46. The number of carbonyl (C=O) groups excluding carboxylic acids is 1. The number of allylic oxidation sites excluding steroid dienone is 2. The van der Waals surface area contributed by atoms with Gasteiger partial charge in [0, 0.05) is 49.2 Å². The Balaban J connectivity index is 1.31. The van der Waals surface area contributed by atoms with Gasteiger partial charge in [-0.25, -0.2) is 4.39 Å². The van der Waals surface area contributed by atoms with Gasteiger partial charge in [0.1, 0.15) is 18.5 Å². The van der Waals surface area contributed by atoms with Gasteiger partial charge in [0.15, 0.2) is 0 Å². The van der Waals surface area contributed by atoms with Gasteiger partial charge in [-0.1, -0.05) is 12.0 Å². The number of likely N-dealkylation sites (tertiary alicyclic amines) is 1. The molecule has 244 valence electrons. The lowest BCUT2D eigenvalue weighted by Crippen LogP contribution is -2.51. The Kier molecular flexibility index (Phi) is 9.99. The molecule has 3 aliphatic heterocycles. The van der Waals surface area contributed by atoms with Crippen molar-refractivity contribution in [3.63, 3.8) is 0 Å². The van der Waals surface area contributed by atoms with Crippen LogP contribution in [0.25, 0.3) is 0 Å². The van der Waals surface area contributed by atoms with Crippen molar-refractivity contribution in [2.75, 3.05) is 58.9 Å². The van der Waals surface area contributed by atoms with E-state index >= 15 is 0 Å². The van der Waals surface area contributed by atoms with E-state index < -0.39 is 30.5 Å². The van der Waals surface area contributed by atoms with Crippen LogP contribution in [0.3, 0.4) is 0 Å². The Labute approximate surface area is 261 Å². The maximum absolute atomic E-state index is 14.8. The average molecular weight is 632 g/mol. The zero-order chi connectivity index (χ0) is 32.2. The van der Waals surface area contributed by atoms with Gasteiger partial charge in [-0.3, -0.25) is 4.79 Å². The number of ether oxygens (including phenoxy) is 2. The predicted molar refractivity (Wildman–Crippen MR) is 165 cm³/mol. The third-order valence-electron chi connectivity index (χ3n) is 8.86. The number of nitrogens with zero attached hydrogens (tertiary/aromatic N) is 2. The molecule has 0 saturated carbocycles. The molecule has 0 spiro atoms. The second kappa shape index (κ2) is 13.7. The Bertz CT molecular complexity index is 1410. The van der Waals surface area contributed by atoms with Crippen molar-refractivity contribution in [3.05, 3.63) is 59.0 Å². The normalized spacial score (nSPS) is 25.7. The molecule has 4 aliphatic rings. The highest BCUT2D eigenvalue weighted by Crippen LogP contribution is 2.44. The summed E-state index contributed by atoms with van der Waals surface area (Å²) in [7, 11) is 3.37. The molecule has 2 fully saturated rings. The molecule has 3 N–H and O–H groups in total. The molecule has 1 unspecified atom stereocenters. The molecule has 1 aromatic rings. The third kappa shape index (κ3) is 7.76. The van der Waals surface area contributed by atoms with Crippen LogP contribution in [0.5, 0.6) is 5.75 Å². The van der Waals surface area contributed by atoms with Gasteiger partial charge in [-0.2, -0.15) is 13.2 Å². The number of rotatable bonds is 8. The van der Waals surface area contributed by atoms with Crippen molar-refractivity contribution in [1.82, 2.24) is 20.4 Å². The van der Waals surface area contributed by atoms with Crippen LogP contribution >= 0.6 is 0 Å². The van der Waals surface area contributed by atoms with Crippen LogP contribution in [0.2, 0.25) is 0 Å². The van der Waals surface area contributed by atoms with Gasteiger partial charge in [0.2, 0.25) is 0 Å². The highest BCUT2D eigenvalue weighted by molar-refractivity contribution is 5.95. The van der Waals surface area contributed by atoms with Gasteiger partial charge < -0.3 is 35.2 Å².